The second-order valence-electron chi connectivity index (χ2n) is 7.72. The number of nitro groups is 1. The molecule has 0 aliphatic carbocycles. The molecule has 4 rings (SSSR count). The van der Waals surface area contributed by atoms with Crippen LogP contribution in [0.2, 0.25) is 0 Å². The number of halogens is 2. The molecule has 184 valence electrons. The number of aliphatic imine (C=N–C) groups is 1. The molecule has 0 saturated carbocycles. The van der Waals surface area contributed by atoms with Gasteiger partial charge in [0.15, 0.2) is 17.2 Å². The average Bonchev–Trinajstić information content (AvgIpc) is 3.18. The number of cyclic esters (lactones) is 1. The molecule has 1 aliphatic heterocycles. The maximum Gasteiger partial charge on any atom is 0.363 e. The largest absolute Gasteiger partial charge is 0.490 e. The van der Waals surface area contributed by atoms with Gasteiger partial charge in [0.05, 0.1) is 15.1 Å². The van der Waals surface area contributed by atoms with E-state index in [-0.39, 0.29) is 17.3 Å². The van der Waals surface area contributed by atoms with Gasteiger partial charge in [0, 0.05) is 21.7 Å². The Bertz CT molecular complexity index is 1420. The highest BCUT2D eigenvalue weighted by atomic mass is 127. The first-order valence-electron chi connectivity index (χ1n) is 10.9. The fourth-order valence-electron chi connectivity index (χ4n) is 3.59. The minimum Gasteiger partial charge on any atom is -0.490 e. The molecule has 0 unspecified atom stereocenters. The molecule has 0 amide bonds. The van der Waals surface area contributed by atoms with E-state index < -0.39 is 10.9 Å². The number of nitrogens with zero attached hydrogens (tertiary/aromatic N) is 2. The monoisotopic (exact) mass is 662 g/mol. The van der Waals surface area contributed by atoms with Crippen LogP contribution in [0.15, 0.2) is 69.8 Å². The van der Waals surface area contributed by atoms with Gasteiger partial charge >= 0.3 is 5.97 Å². The van der Waals surface area contributed by atoms with Crippen LogP contribution in [0.4, 0.5) is 5.69 Å². The summed E-state index contributed by atoms with van der Waals surface area (Å²) in [6.45, 7) is 4.26. The molecule has 0 aromatic heterocycles. The van der Waals surface area contributed by atoms with Crippen molar-refractivity contribution in [1.29, 1.82) is 0 Å². The van der Waals surface area contributed by atoms with Crippen molar-refractivity contribution in [2.75, 3.05) is 6.61 Å². The number of hydrogen-bond donors (Lipinski definition) is 0. The van der Waals surface area contributed by atoms with Gasteiger partial charge in [-0.3, -0.25) is 10.1 Å². The van der Waals surface area contributed by atoms with Gasteiger partial charge in [0.25, 0.3) is 5.69 Å². The molecule has 1 heterocycles. The van der Waals surface area contributed by atoms with Crippen LogP contribution in [0.1, 0.15) is 29.2 Å². The van der Waals surface area contributed by atoms with E-state index in [4.69, 9.17) is 14.2 Å². The van der Waals surface area contributed by atoms with E-state index in [2.05, 4.69) is 43.5 Å². The molecule has 0 spiro atoms. The third-order valence-electron chi connectivity index (χ3n) is 5.26. The number of benzene rings is 3. The summed E-state index contributed by atoms with van der Waals surface area (Å²) in [5.74, 6) is 0.529. The van der Waals surface area contributed by atoms with Gasteiger partial charge in [-0.2, -0.15) is 0 Å². The lowest BCUT2D eigenvalue weighted by Gasteiger charge is -2.15. The summed E-state index contributed by atoms with van der Waals surface area (Å²) in [4.78, 5) is 27.6. The summed E-state index contributed by atoms with van der Waals surface area (Å²) in [7, 11) is 0. The summed E-state index contributed by atoms with van der Waals surface area (Å²) in [5, 5.41) is 11.3. The Morgan fingerprint density at radius 3 is 2.67 bits per heavy atom. The summed E-state index contributed by atoms with van der Waals surface area (Å²) < 4.78 is 19.0. The molecule has 0 fully saturated rings. The van der Waals surface area contributed by atoms with Crippen LogP contribution in [0.3, 0.4) is 0 Å². The minimum absolute atomic E-state index is 0.0288. The van der Waals surface area contributed by atoms with Crippen LogP contribution >= 0.6 is 38.5 Å². The van der Waals surface area contributed by atoms with Crippen molar-refractivity contribution in [3.8, 4) is 11.5 Å². The number of hydrogen-bond acceptors (Lipinski definition) is 7. The second kappa shape index (κ2) is 11.2. The van der Waals surface area contributed by atoms with Crippen LogP contribution in [0.25, 0.3) is 6.08 Å². The van der Waals surface area contributed by atoms with E-state index in [1.54, 1.807) is 25.1 Å². The normalized spacial score (nSPS) is 13.9. The molecule has 3 aromatic rings. The van der Waals surface area contributed by atoms with Gasteiger partial charge < -0.3 is 14.2 Å². The Hall–Kier alpha value is -3.25. The Morgan fingerprint density at radius 1 is 1.17 bits per heavy atom. The summed E-state index contributed by atoms with van der Waals surface area (Å²) in [6, 6.07) is 16.0. The summed E-state index contributed by atoms with van der Waals surface area (Å²) in [5.41, 5.74) is 2.44. The summed E-state index contributed by atoms with van der Waals surface area (Å²) >= 11 is 5.63. The minimum atomic E-state index is -0.640. The van der Waals surface area contributed by atoms with Crippen molar-refractivity contribution >= 4 is 62.2 Å². The fourth-order valence-corrected chi connectivity index (χ4v) is 4.82. The smallest absolute Gasteiger partial charge is 0.363 e. The van der Waals surface area contributed by atoms with Gasteiger partial charge in [0.1, 0.15) is 6.61 Å². The SMILES string of the molecule is CCOc1cc(/C=C2\N=C(c3cccc([N+](=O)[O-])c3C)OC2=O)cc(I)c1OCc1cccc(Br)c1. The van der Waals surface area contributed by atoms with Crippen molar-refractivity contribution in [2.24, 2.45) is 4.99 Å². The molecule has 0 saturated heterocycles. The van der Waals surface area contributed by atoms with E-state index in [0.29, 0.717) is 41.4 Å². The van der Waals surface area contributed by atoms with E-state index in [1.807, 2.05) is 37.3 Å². The zero-order chi connectivity index (χ0) is 25.8. The third kappa shape index (κ3) is 5.76. The lowest BCUT2D eigenvalue weighted by molar-refractivity contribution is -0.385. The van der Waals surface area contributed by atoms with Gasteiger partial charge in [0.2, 0.25) is 5.90 Å². The third-order valence-corrected chi connectivity index (χ3v) is 6.55. The lowest BCUT2D eigenvalue weighted by atomic mass is 10.1. The van der Waals surface area contributed by atoms with Crippen molar-refractivity contribution in [1.82, 2.24) is 0 Å². The van der Waals surface area contributed by atoms with Gasteiger partial charge in [-0.15, -0.1) is 0 Å². The molecule has 3 aromatic carbocycles. The van der Waals surface area contributed by atoms with Crippen LogP contribution < -0.4 is 9.47 Å². The first-order chi connectivity index (χ1) is 17.3. The topological polar surface area (TPSA) is 100 Å². The molecule has 10 heteroatoms. The van der Waals surface area contributed by atoms with Crippen molar-refractivity contribution < 1.29 is 23.9 Å². The number of nitro benzene ring substituents is 1. The van der Waals surface area contributed by atoms with Crippen molar-refractivity contribution in [3.63, 3.8) is 0 Å². The molecule has 8 nitrogen and oxygen atoms in total. The average molecular weight is 663 g/mol. The van der Waals surface area contributed by atoms with Gasteiger partial charge in [-0.05, 0) is 84.0 Å². The Kier molecular flexibility index (Phi) is 8.04. The first kappa shape index (κ1) is 25.8. The van der Waals surface area contributed by atoms with E-state index in [1.165, 1.54) is 12.1 Å². The number of carbonyl (C=O) groups is 1. The van der Waals surface area contributed by atoms with Crippen LogP contribution in [-0.2, 0) is 16.1 Å². The quantitative estimate of drug-likeness (QED) is 0.0887. The predicted molar refractivity (Wildman–Crippen MR) is 147 cm³/mol. The Balaban J connectivity index is 1.64. The van der Waals surface area contributed by atoms with Crippen molar-refractivity contribution in [2.45, 2.75) is 20.5 Å². The second-order valence-corrected chi connectivity index (χ2v) is 9.80. The Labute approximate surface area is 229 Å². The molecular weight excluding hydrogens is 643 g/mol. The number of esters is 1. The molecule has 0 atom stereocenters. The highest BCUT2D eigenvalue weighted by Gasteiger charge is 2.27. The number of rotatable bonds is 8. The molecule has 0 bridgehead atoms. The van der Waals surface area contributed by atoms with Crippen LogP contribution in [0.5, 0.6) is 11.5 Å². The zero-order valence-electron chi connectivity index (χ0n) is 19.3. The Morgan fingerprint density at radius 2 is 1.94 bits per heavy atom. The molecule has 1 aliphatic rings. The van der Waals surface area contributed by atoms with E-state index >= 15 is 0 Å². The fraction of sp³-hybridized carbons (Fsp3) is 0.154. The standard InChI is InChI=1S/C26H20BrIN2O6/c1-3-34-23-13-17(11-20(28)24(23)35-14-16-6-4-7-18(27)10-16)12-21-26(31)36-25(29-21)19-8-5-9-22(15(19)2)30(32)33/h4-13H,3,14H2,1-2H3/b21-12-. The van der Waals surface area contributed by atoms with Gasteiger partial charge in [-0.1, -0.05) is 34.1 Å². The lowest BCUT2D eigenvalue weighted by Crippen LogP contribution is -2.08. The van der Waals surface area contributed by atoms with Gasteiger partial charge in [-0.25, -0.2) is 9.79 Å². The molecule has 36 heavy (non-hydrogen) atoms. The van der Waals surface area contributed by atoms with E-state index in [9.17, 15) is 14.9 Å². The molecule has 0 N–H and O–H groups in total. The highest BCUT2D eigenvalue weighted by Crippen LogP contribution is 2.36. The maximum absolute atomic E-state index is 12.5. The number of carbonyl (C=O) groups excluding carboxylic acids is 1. The summed E-state index contributed by atoms with van der Waals surface area (Å²) in [6.07, 6.45) is 1.59. The first-order valence-corrected chi connectivity index (χ1v) is 12.7. The van der Waals surface area contributed by atoms with Crippen LogP contribution in [-0.4, -0.2) is 23.4 Å². The van der Waals surface area contributed by atoms with Crippen LogP contribution in [0, 0.1) is 20.6 Å². The molecular formula is C26H20BrIN2O6. The van der Waals surface area contributed by atoms with E-state index in [0.717, 1.165) is 13.6 Å². The predicted octanol–water partition coefficient (Wildman–Crippen LogP) is 6.59. The molecule has 0 radical (unpaired) electrons. The zero-order valence-corrected chi connectivity index (χ0v) is 23.0. The maximum atomic E-state index is 12.5. The highest BCUT2D eigenvalue weighted by molar-refractivity contribution is 14.1. The number of ether oxygens (including phenoxy) is 3. The van der Waals surface area contributed by atoms with Crippen molar-refractivity contribution in [3.05, 3.63) is 101 Å².